The largest absolute Gasteiger partial charge is 0.489 e. The number of hydrogen-bond donors (Lipinski definition) is 2. The van der Waals surface area contributed by atoms with Crippen molar-refractivity contribution in [3.8, 4) is 5.75 Å². The van der Waals surface area contributed by atoms with Gasteiger partial charge >= 0.3 is 0 Å². The summed E-state index contributed by atoms with van der Waals surface area (Å²) >= 11 is 6.00. The number of hydrogen-bond acceptors (Lipinski definition) is 3. The maximum absolute atomic E-state index is 10.4. The molecule has 3 nitrogen and oxygen atoms in total. The second-order valence-electron chi connectivity index (χ2n) is 6.97. The second kappa shape index (κ2) is 10.3. The van der Waals surface area contributed by atoms with Crippen LogP contribution in [0.25, 0.3) is 0 Å². The van der Waals surface area contributed by atoms with Crippen LogP contribution < -0.4 is 10.1 Å². The summed E-state index contributed by atoms with van der Waals surface area (Å²) in [5, 5.41) is 14.4. The Hall–Kier alpha value is -2.33. The summed E-state index contributed by atoms with van der Waals surface area (Å²) in [4.78, 5) is 0. The predicted molar refractivity (Wildman–Crippen MR) is 115 cm³/mol. The zero-order valence-electron chi connectivity index (χ0n) is 16.0. The lowest BCUT2D eigenvalue weighted by Crippen LogP contribution is -2.32. The highest BCUT2D eigenvalue weighted by atomic mass is 35.5. The Labute approximate surface area is 171 Å². The smallest absolute Gasteiger partial charge is 0.123 e. The van der Waals surface area contributed by atoms with Crippen LogP contribution in [0.3, 0.4) is 0 Å². The van der Waals surface area contributed by atoms with Crippen molar-refractivity contribution < 1.29 is 9.84 Å². The maximum Gasteiger partial charge on any atom is 0.123 e. The van der Waals surface area contributed by atoms with Crippen LogP contribution in [0.15, 0.2) is 78.9 Å². The van der Waals surface area contributed by atoms with Crippen LogP contribution in [0, 0.1) is 0 Å². The molecule has 0 heterocycles. The fourth-order valence-corrected chi connectivity index (χ4v) is 3.29. The van der Waals surface area contributed by atoms with E-state index in [1.54, 1.807) is 12.1 Å². The quantitative estimate of drug-likeness (QED) is 0.525. The van der Waals surface area contributed by atoms with Crippen molar-refractivity contribution in [1.29, 1.82) is 0 Å². The van der Waals surface area contributed by atoms with E-state index >= 15 is 0 Å². The van der Waals surface area contributed by atoms with E-state index in [0.29, 0.717) is 18.2 Å². The van der Waals surface area contributed by atoms with Crippen LogP contribution in [-0.2, 0) is 13.0 Å². The molecule has 3 rings (SSSR count). The Morgan fingerprint density at radius 3 is 2.50 bits per heavy atom. The van der Waals surface area contributed by atoms with Gasteiger partial charge in [-0.2, -0.15) is 0 Å². The molecule has 0 amide bonds. The minimum Gasteiger partial charge on any atom is -0.489 e. The number of halogens is 1. The van der Waals surface area contributed by atoms with E-state index in [1.165, 1.54) is 0 Å². The minimum absolute atomic E-state index is 0.190. The van der Waals surface area contributed by atoms with Gasteiger partial charge in [-0.25, -0.2) is 0 Å². The summed E-state index contributed by atoms with van der Waals surface area (Å²) in [6.45, 7) is 3.13. The van der Waals surface area contributed by atoms with Gasteiger partial charge in [-0.05, 0) is 48.2 Å². The molecule has 2 N–H and O–H groups in total. The Balaban J connectivity index is 1.54. The zero-order valence-corrected chi connectivity index (χ0v) is 16.8. The van der Waals surface area contributed by atoms with Crippen molar-refractivity contribution in [2.75, 3.05) is 6.54 Å². The lowest BCUT2D eigenvalue weighted by Gasteiger charge is -2.19. The van der Waals surface area contributed by atoms with Crippen molar-refractivity contribution in [2.24, 2.45) is 0 Å². The third-order valence-electron chi connectivity index (χ3n) is 4.63. The highest BCUT2D eigenvalue weighted by Gasteiger charge is 2.12. The number of aliphatic hydroxyl groups excluding tert-OH is 1. The zero-order chi connectivity index (χ0) is 19.8. The molecule has 0 fully saturated rings. The van der Waals surface area contributed by atoms with E-state index in [-0.39, 0.29) is 6.04 Å². The van der Waals surface area contributed by atoms with Crippen molar-refractivity contribution in [3.05, 3.63) is 101 Å². The number of rotatable bonds is 9. The topological polar surface area (TPSA) is 41.5 Å². The molecule has 146 valence electrons. The minimum atomic E-state index is -0.592. The molecule has 0 aliphatic heterocycles. The van der Waals surface area contributed by atoms with Gasteiger partial charge in [0.1, 0.15) is 12.4 Å². The van der Waals surface area contributed by atoms with Crippen LogP contribution in [0.1, 0.15) is 29.7 Å². The summed E-state index contributed by atoms with van der Waals surface area (Å²) < 4.78 is 6.04. The standard InChI is InChI=1S/C24H26ClNO2/c1-18(26-16-23(27)20-11-7-12-22(25)15-20)14-21-10-5-6-13-24(21)28-17-19-8-3-2-4-9-19/h2-13,15,18,23,26-27H,14,16-17H2,1H3/t18-,23+/m1/s1. The molecule has 28 heavy (non-hydrogen) atoms. The third kappa shape index (κ3) is 6.10. The summed E-state index contributed by atoms with van der Waals surface area (Å²) in [7, 11) is 0. The molecule has 0 radical (unpaired) electrons. The third-order valence-corrected chi connectivity index (χ3v) is 4.86. The molecule has 0 unspecified atom stereocenters. The Morgan fingerprint density at radius 1 is 0.964 bits per heavy atom. The van der Waals surface area contributed by atoms with E-state index < -0.39 is 6.10 Å². The number of benzene rings is 3. The van der Waals surface area contributed by atoms with E-state index in [0.717, 1.165) is 28.9 Å². The summed E-state index contributed by atoms with van der Waals surface area (Å²) in [6.07, 6.45) is 0.221. The van der Waals surface area contributed by atoms with Crippen molar-refractivity contribution >= 4 is 11.6 Å². The van der Waals surface area contributed by atoms with Crippen LogP contribution in [-0.4, -0.2) is 17.7 Å². The van der Waals surface area contributed by atoms with Crippen LogP contribution in [0.2, 0.25) is 5.02 Å². The molecule has 0 saturated heterocycles. The molecule has 3 aromatic carbocycles. The summed E-state index contributed by atoms with van der Waals surface area (Å²) in [6, 6.07) is 25.8. The second-order valence-corrected chi connectivity index (χ2v) is 7.40. The normalized spacial score (nSPS) is 13.1. The van der Waals surface area contributed by atoms with Gasteiger partial charge < -0.3 is 15.2 Å². The molecule has 0 aliphatic carbocycles. The van der Waals surface area contributed by atoms with Gasteiger partial charge in [0.05, 0.1) is 6.10 Å². The first kappa shape index (κ1) is 20.4. The molecule has 0 saturated carbocycles. The number of para-hydroxylation sites is 1. The fourth-order valence-electron chi connectivity index (χ4n) is 3.10. The van der Waals surface area contributed by atoms with Crippen molar-refractivity contribution in [1.82, 2.24) is 5.32 Å². The highest BCUT2D eigenvalue weighted by Crippen LogP contribution is 2.22. The molecule has 2 atom stereocenters. The lowest BCUT2D eigenvalue weighted by molar-refractivity contribution is 0.170. The van der Waals surface area contributed by atoms with E-state index in [4.69, 9.17) is 16.3 Å². The first-order chi connectivity index (χ1) is 13.6. The van der Waals surface area contributed by atoms with Crippen LogP contribution in [0.4, 0.5) is 0 Å². The van der Waals surface area contributed by atoms with Crippen LogP contribution >= 0.6 is 11.6 Å². The van der Waals surface area contributed by atoms with Gasteiger partial charge in [0, 0.05) is 17.6 Å². The molecule has 3 aromatic rings. The van der Waals surface area contributed by atoms with Gasteiger partial charge in [0.25, 0.3) is 0 Å². The van der Waals surface area contributed by atoms with E-state index in [9.17, 15) is 5.11 Å². The molecule has 0 bridgehead atoms. The predicted octanol–water partition coefficient (Wildman–Crippen LogP) is 5.17. The highest BCUT2D eigenvalue weighted by molar-refractivity contribution is 6.30. The average molecular weight is 396 g/mol. The number of nitrogens with one attached hydrogen (secondary N) is 1. The summed E-state index contributed by atoms with van der Waals surface area (Å²) in [5.74, 6) is 0.899. The van der Waals surface area contributed by atoms with Crippen LogP contribution in [0.5, 0.6) is 5.75 Å². The number of ether oxygens (including phenoxy) is 1. The van der Waals surface area contributed by atoms with Gasteiger partial charge in [-0.15, -0.1) is 0 Å². The first-order valence-corrected chi connectivity index (χ1v) is 9.91. The fraction of sp³-hybridized carbons (Fsp3) is 0.250. The van der Waals surface area contributed by atoms with Gasteiger partial charge in [0.2, 0.25) is 0 Å². The summed E-state index contributed by atoms with van der Waals surface area (Å²) in [5.41, 5.74) is 3.11. The number of aliphatic hydroxyl groups is 1. The molecule has 0 aliphatic rings. The van der Waals surface area contributed by atoms with E-state index in [1.807, 2.05) is 48.5 Å². The van der Waals surface area contributed by atoms with Gasteiger partial charge in [-0.1, -0.05) is 72.3 Å². The van der Waals surface area contributed by atoms with Crippen molar-refractivity contribution in [3.63, 3.8) is 0 Å². The Bertz CT molecular complexity index is 869. The molecular formula is C24H26ClNO2. The maximum atomic E-state index is 10.4. The molecule has 4 heteroatoms. The monoisotopic (exact) mass is 395 g/mol. The average Bonchev–Trinajstić information content (AvgIpc) is 2.72. The lowest BCUT2D eigenvalue weighted by atomic mass is 10.0. The molecular weight excluding hydrogens is 370 g/mol. The van der Waals surface area contributed by atoms with Gasteiger partial charge in [0.15, 0.2) is 0 Å². The Morgan fingerprint density at radius 2 is 1.71 bits per heavy atom. The Kier molecular flexibility index (Phi) is 7.49. The van der Waals surface area contributed by atoms with Gasteiger partial charge in [-0.3, -0.25) is 0 Å². The molecule has 0 aromatic heterocycles. The van der Waals surface area contributed by atoms with Crippen molar-refractivity contribution in [2.45, 2.75) is 32.1 Å². The first-order valence-electron chi connectivity index (χ1n) is 9.53. The SMILES string of the molecule is C[C@H](Cc1ccccc1OCc1ccccc1)NC[C@H](O)c1cccc(Cl)c1. The van der Waals surface area contributed by atoms with E-state index in [2.05, 4.69) is 30.4 Å². The molecule has 0 spiro atoms.